The van der Waals surface area contributed by atoms with Gasteiger partial charge in [-0.05, 0) is 36.2 Å². The molecule has 0 fully saturated rings. The van der Waals surface area contributed by atoms with Crippen LogP contribution in [0.3, 0.4) is 0 Å². The molecule has 6 nitrogen and oxygen atoms in total. The van der Waals surface area contributed by atoms with E-state index in [2.05, 4.69) is 10.2 Å². The third kappa shape index (κ3) is 2.97. The first kappa shape index (κ1) is 16.4. The lowest BCUT2D eigenvalue weighted by atomic mass is 10.1. The second kappa shape index (κ2) is 6.68. The molecule has 130 valence electrons. The molecule has 0 spiro atoms. The van der Waals surface area contributed by atoms with Crippen molar-refractivity contribution in [3.05, 3.63) is 77.5 Å². The molecular formula is C19H15N3O3S. The molecular weight excluding hydrogens is 350 g/mol. The number of aryl methyl sites for hydroxylation is 1. The highest BCUT2D eigenvalue weighted by atomic mass is 32.2. The summed E-state index contributed by atoms with van der Waals surface area (Å²) >= 11 is 1.51. The van der Waals surface area contributed by atoms with Crippen molar-refractivity contribution in [1.82, 2.24) is 14.5 Å². The fourth-order valence-electron chi connectivity index (χ4n) is 2.65. The maximum absolute atomic E-state index is 12.7. The Balaban J connectivity index is 1.84. The van der Waals surface area contributed by atoms with Gasteiger partial charge < -0.3 is 13.5 Å². The number of fused-ring (bicyclic) bond motifs is 1. The summed E-state index contributed by atoms with van der Waals surface area (Å²) in [6.07, 6.45) is 0. The minimum absolute atomic E-state index is 0.308. The normalized spacial score (nSPS) is 13.5. The van der Waals surface area contributed by atoms with Crippen LogP contribution in [0.15, 0.2) is 63.9 Å². The lowest BCUT2D eigenvalue weighted by Crippen LogP contribution is -2.18. The second-order valence-corrected chi connectivity index (χ2v) is 6.81. The van der Waals surface area contributed by atoms with Crippen LogP contribution in [-0.4, -0.2) is 27.5 Å². The van der Waals surface area contributed by atoms with Gasteiger partial charge in [0.25, 0.3) is 5.89 Å². The Labute approximate surface area is 154 Å². The van der Waals surface area contributed by atoms with Crippen LogP contribution in [-0.2, 0) is 4.74 Å². The van der Waals surface area contributed by atoms with Gasteiger partial charge in [-0.25, -0.2) is 4.79 Å². The number of ether oxygens (including phenoxy) is 1. The first-order chi connectivity index (χ1) is 12.6. The van der Waals surface area contributed by atoms with Crippen molar-refractivity contribution in [2.75, 3.05) is 7.05 Å². The molecule has 0 N–H and O–H groups in total. The average molecular weight is 365 g/mol. The Morgan fingerprint density at radius 2 is 1.81 bits per heavy atom. The maximum Gasteiger partial charge on any atom is 0.343 e. The van der Waals surface area contributed by atoms with Crippen LogP contribution in [0.1, 0.15) is 27.7 Å². The summed E-state index contributed by atoms with van der Waals surface area (Å²) < 4.78 is 13.3. The van der Waals surface area contributed by atoms with E-state index in [1.165, 1.54) is 11.9 Å². The van der Waals surface area contributed by atoms with Crippen LogP contribution in [0, 0.1) is 6.92 Å². The number of aromatic nitrogens is 2. The summed E-state index contributed by atoms with van der Waals surface area (Å²) in [4.78, 5) is 13.6. The Morgan fingerprint density at radius 3 is 2.54 bits per heavy atom. The lowest BCUT2D eigenvalue weighted by molar-refractivity contribution is 0.0691. The molecule has 0 amide bonds. The monoisotopic (exact) mass is 365 g/mol. The number of benzene rings is 2. The first-order valence-corrected chi connectivity index (χ1v) is 8.74. The van der Waals surface area contributed by atoms with E-state index in [9.17, 15) is 4.79 Å². The van der Waals surface area contributed by atoms with Crippen LogP contribution >= 0.6 is 11.9 Å². The SMILES string of the molecule is Cc1nnc(C2=C(OC(=O)c3ccccc3)c3ccccc3SN2C)o1. The molecule has 3 aromatic rings. The molecule has 4 rings (SSSR count). The maximum atomic E-state index is 12.7. The van der Waals surface area contributed by atoms with Crippen LogP contribution in [0.2, 0.25) is 0 Å². The van der Waals surface area contributed by atoms with E-state index in [4.69, 9.17) is 9.15 Å². The van der Waals surface area contributed by atoms with Crippen molar-refractivity contribution in [2.24, 2.45) is 0 Å². The van der Waals surface area contributed by atoms with Crippen LogP contribution in [0.5, 0.6) is 0 Å². The van der Waals surface area contributed by atoms with Gasteiger partial charge in [0.1, 0.15) is 0 Å². The zero-order chi connectivity index (χ0) is 18.1. The topological polar surface area (TPSA) is 68.5 Å². The molecule has 7 heteroatoms. The van der Waals surface area contributed by atoms with Gasteiger partial charge in [0.05, 0.1) is 5.56 Å². The number of carbonyl (C=O) groups is 1. The van der Waals surface area contributed by atoms with Crippen molar-refractivity contribution in [1.29, 1.82) is 0 Å². The van der Waals surface area contributed by atoms with Crippen molar-refractivity contribution < 1.29 is 13.9 Å². The number of rotatable bonds is 3. The molecule has 1 aliphatic heterocycles. The van der Waals surface area contributed by atoms with Gasteiger partial charge in [-0.3, -0.25) is 0 Å². The van der Waals surface area contributed by atoms with Crippen molar-refractivity contribution in [3.8, 4) is 0 Å². The number of esters is 1. The summed E-state index contributed by atoms with van der Waals surface area (Å²) in [6.45, 7) is 1.72. The van der Waals surface area contributed by atoms with Crippen LogP contribution < -0.4 is 0 Å². The van der Waals surface area contributed by atoms with Crippen molar-refractivity contribution in [3.63, 3.8) is 0 Å². The minimum atomic E-state index is -0.440. The molecule has 0 unspecified atom stereocenters. The number of carbonyl (C=O) groups excluding carboxylic acids is 1. The van der Waals surface area contributed by atoms with Crippen LogP contribution in [0.4, 0.5) is 0 Å². The summed E-state index contributed by atoms with van der Waals surface area (Å²) in [5.74, 6) is 0.713. The predicted octanol–water partition coefficient (Wildman–Crippen LogP) is 4.01. The zero-order valence-corrected chi connectivity index (χ0v) is 15.0. The lowest BCUT2D eigenvalue weighted by Gasteiger charge is -2.28. The molecule has 26 heavy (non-hydrogen) atoms. The molecule has 0 saturated carbocycles. The highest BCUT2D eigenvalue weighted by Crippen LogP contribution is 2.44. The van der Waals surface area contributed by atoms with E-state index < -0.39 is 5.97 Å². The van der Waals surface area contributed by atoms with E-state index in [0.717, 1.165) is 10.5 Å². The number of nitrogens with zero attached hydrogens (tertiary/aromatic N) is 3. The minimum Gasteiger partial charge on any atom is -0.420 e. The second-order valence-electron chi connectivity index (χ2n) is 5.64. The fraction of sp³-hybridized carbons (Fsp3) is 0.105. The van der Waals surface area contributed by atoms with Gasteiger partial charge in [-0.15, -0.1) is 10.2 Å². The molecule has 0 saturated heterocycles. The molecule has 0 aliphatic carbocycles. The molecule has 0 atom stereocenters. The molecule has 0 radical (unpaired) electrons. The van der Waals surface area contributed by atoms with Gasteiger partial charge in [-0.1, -0.05) is 30.3 Å². The van der Waals surface area contributed by atoms with Gasteiger partial charge in [-0.2, -0.15) is 0 Å². The Hall–Kier alpha value is -3.06. The first-order valence-electron chi connectivity index (χ1n) is 7.96. The van der Waals surface area contributed by atoms with E-state index in [1.54, 1.807) is 31.2 Å². The van der Waals surface area contributed by atoms with Crippen LogP contribution in [0.25, 0.3) is 11.5 Å². The zero-order valence-electron chi connectivity index (χ0n) is 14.2. The largest absolute Gasteiger partial charge is 0.420 e. The van der Waals surface area contributed by atoms with Gasteiger partial charge in [0, 0.05) is 24.4 Å². The summed E-state index contributed by atoms with van der Waals surface area (Å²) in [5.41, 5.74) is 1.85. The van der Waals surface area contributed by atoms with E-state index in [-0.39, 0.29) is 0 Å². The van der Waals surface area contributed by atoms with Crippen molar-refractivity contribution >= 4 is 29.4 Å². The number of hydrogen-bond donors (Lipinski definition) is 0. The smallest absolute Gasteiger partial charge is 0.343 e. The highest BCUT2D eigenvalue weighted by Gasteiger charge is 2.31. The van der Waals surface area contributed by atoms with Crippen molar-refractivity contribution in [2.45, 2.75) is 11.8 Å². The third-order valence-corrected chi connectivity index (χ3v) is 4.84. The molecule has 1 aromatic heterocycles. The Bertz CT molecular complexity index is 998. The van der Waals surface area contributed by atoms with Gasteiger partial charge >= 0.3 is 5.97 Å². The predicted molar refractivity (Wildman–Crippen MR) is 97.8 cm³/mol. The number of hydrogen-bond acceptors (Lipinski definition) is 7. The molecule has 2 heterocycles. The molecule has 2 aromatic carbocycles. The van der Waals surface area contributed by atoms with E-state index >= 15 is 0 Å². The highest BCUT2D eigenvalue weighted by molar-refractivity contribution is 7.97. The van der Waals surface area contributed by atoms with E-state index in [1.807, 2.05) is 41.7 Å². The third-order valence-electron chi connectivity index (χ3n) is 3.83. The quantitative estimate of drug-likeness (QED) is 0.513. The van der Waals surface area contributed by atoms with E-state index in [0.29, 0.717) is 28.8 Å². The van der Waals surface area contributed by atoms with Gasteiger partial charge in [0.15, 0.2) is 11.5 Å². The fourth-order valence-corrected chi connectivity index (χ4v) is 3.60. The summed E-state index contributed by atoms with van der Waals surface area (Å²) in [6, 6.07) is 16.6. The Kier molecular flexibility index (Phi) is 4.22. The Morgan fingerprint density at radius 1 is 1.08 bits per heavy atom. The molecule has 1 aliphatic rings. The standard InChI is InChI=1S/C19H15N3O3S/c1-12-20-21-18(24-12)16-17(25-19(23)13-8-4-3-5-9-13)14-10-6-7-11-15(14)26-22(16)2/h3-11H,1-2H3. The van der Waals surface area contributed by atoms with Gasteiger partial charge in [0.2, 0.25) is 5.89 Å². The summed E-state index contributed by atoms with van der Waals surface area (Å²) in [5, 5.41) is 8.00. The molecule has 0 bridgehead atoms. The summed E-state index contributed by atoms with van der Waals surface area (Å²) in [7, 11) is 1.87. The average Bonchev–Trinajstić information content (AvgIpc) is 3.08.